The Hall–Kier alpha value is -3.32. The summed E-state index contributed by atoms with van der Waals surface area (Å²) in [7, 11) is 3.88. The molecule has 2 N–H and O–H groups in total. The summed E-state index contributed by atoms with van der Waals surface area (Å²) < 4.78 is 16.2. The topological polar surface area (TPSA) is 90.4 Å². The van der Waals surface area contributed by atoms with Crippen molar-refractivity contribution in [2.45, 2.75) is 13.5 Å². The number of aromatic hydroxyl groups is 1. The Morgan fingerprint density at radius 1 is 1.14 bits per heavy atom. The van der Waals surface area contributed by atoms with Crippen molar-refractivity contribution in [3.8, 4) is 17.2 Å². The van der Waals surface area contributed by atoms with E-state index >= 15 is 0 Å². The number of rotatable bonds is 6. The number of hydrogen-bond acceptors (Lipinski definition) is 6. The molecule has 146 valence electrons. The van der Waals surface area contributed by atoms with Gasteiger partial charge in [0.15, 0.2) is 5.58 Å². The SMILES string of the molecule is CCOC(=O)c1ccc(Oc2coc3c(C[NH+](C)C)c(O)ccc3c2=O)cc1. The molecule has 0 bridgehead atoms. The van der Waals surface area contributed by atoms with E-state index in [4.69, 9.17) is 13.9 Å². The standard InChI is InChI=1S/C21H21NO6/c1-4-26-21(25)13-5-7-14(8-6-13)28-18-12-27-20-15(19(18)24)9-10-17(23)16(20)11-22(2)3/h5-10,12,23H,4,11H2,1-3H3/p+1. The van der Waals surface area contributed by atoms with E-state index in [9.17, 15) is 14.7 Å². The first kappa shape index (κ1) is 19.4. The monoisotopic (exact) mass is 384 g/mol. The predicted octanol–water partition coefficient (Wildman–Crippen LogP) is 2.11. The molecule has 3 rings (SSSR count). The maximum atomic E-state index is 12.8. The average Bonchev–Trinajstić information content (AvgIpc) is 2.66. The second kappa shape index (κ2) is 8.14. The van der Waals surface area contributed by atoms with Gasteiger partial charge in [0.2, 0.25) is 11.2 Å². The molecule has 0 aliphatic heterocycles. The lowest BCUT2D eigenvalue weighted by atomic mass is 10.1. The van der Waals surface area contributed by atoms with Gasteiger partial charge < -0.3 is 23.9 Å². The lowest BCUT2D eigenvalue weighted by molar-refractivity contribution is -0.872. The number of fused-ring (bicyclic) bond motifs is 1. The van der Waals surface area contributed by atoms with Gasteiger partial charge in [0, 0.05) is 0 Å². The van der Waals surface area contributed by atoms with Crippen molar-refractivity contribution in [3.63, 3.8) is 0 Å². The molecule has 0 saturated carbocycles. The zero-order valence-electron chi connectivity index (χ0n) is 15.9. The number of carbonyl (C=O) groups is 1. The van der Waals surface area contributed by atoms with Crippen LogP contribution in [0.3, 0.4) is 0 Å². The molecule has 0 atom stereocenters. The van der Waals surface area contributed by atoms with Gasteiger partial charge in [-0.3, -0.25) is 4.79 Å². The number of phenolic OH excluding ortho intramolecular Hbond substituents is 1. The highest BCUT2D eigenvalue weighted by Gasteiger charge is 2.17. The van der Waals surface area contributed by atoms with E-state index in [0.717, 1.165) is 4.90 Å². The van der Waals surface area contributed by atoms with Gasteiger partial charge in [-0.2, -0.15) is 0 Å². The molecular formula is C21H22NO6+. The lowest BCUT2D eigenvalue weighted by Gasteiger charge is -2.12. The van der Waals surface area contributed by atoms with Crippen LogP contribution >= 0.6 is 0 Å². The van der Waals surface area contributed by atoms with Crippen LogP contribution in [0, 0.1) is 0 Å². The minimum absolute atomic E-state index is 0.0187. The van der Waals surface area contributed by atoms with Crippen LogP contribution in [0.5, 0.6) is 17.2 Å². The molecule has 0 unspecified atom stereocenters. The maximum absolute atomic E-state index is 12.8. The molecule has 0 aliphatic rings. The largest absolute Gasteiger partial charge is 0.507 e. The van der Waals surface area contributed by atoms with Crippen molar-refractivity contribution in [1.82, 2.24) is 0 Å². The lowest BCUT2D eigenvalue weighted by Crippen LogP contribution is -3.04. The van der Waals surface area contributed by atoms with Gasteiger partial charge in [0.1, 0.15) is 24.3 Å². The predicted molar refractivity (Wildman–Crippen MR) is 103 cm³/mol. The average molecular weight is 384 g/mol. The summed E-state index contributed by atoms with van der Waals surface area (Å²) in [6.07, 6.45) is 1.23. The smallest absolute Gasteiger partial charge is 0.338 e. The summed E-state index contributed by atoms with van der Waals surface area (Å²) in [4.78, 5) is 25.6. The van der Waals surface area contributed by atoms with Crippen LogP contribution < -0.4 is 15.1 Å². The third-order valence-electron chi connectivity index (χ3n) is 4.11. The second-order valence-corrected chi connectivity index (χ2v) is 6.60. The number of esters is 1. The molecule has 0 fully saturated rings. The third kappa shape index (κ3) is 3.99. The fraction of sp³-hybridized carbons (Fsp3) is 0.238. The van der Waals surface area contributed by atoms with Gasteiger partial charge >= 0.3 is 5.97 Å². The van der Waals surface area contributed by atoms with Crippen LogP contribution in [-0.2, 0) is 11.3 Å². The van der Waals surface area contributed by atoms with E-state index in [2.05, 4.69) is 0 Å². The fourth-order valence-electron chi connectivity index (χ4n) is 2.82. The number of phenols is 1. The first-order valence-corrected chi connectivity index (χ1v) is 8.91. The molecule has 7 heteroatoms. The zero-order chi connectivity index (χ0) is 20.3. The highest BCUT2D eigenvalue weighted by Crippen LogP contribution is 2.28. The van der Waals surface area contributed by atoms with E-state index in [-0.39, 0.29) is 16.9 Å². The molecular weight excluding hydrogens is 362 g/mol. The van der Waals surface area contributed by atoms with Crippen molar-refractivity contribution in [2.75, 3.05) is 20.7 Å². The van der Waals surface area contributed by atoms with Crippen molar-refractivity contribution in [2.24, 2.45) is 0 Å². The Balaban J connectivity index is 1.92. The molecule has 0 saturated heterocycles. The van der Waals surface area contributed by atoms with Gasteiger partial charge in [0.25, 0.3) is 0 Å². The van der Waals surface area contributed by atoms with Gasteiger partial charge in [-0.05, 0) is 43.3 Å². The molecule has 0 spiro atoms. The molecule has 0 radical (unpaired) electrons. The Morgan fingerprint density at radius 2 is 1.86 bits per heavy atom. The van der Waals surface area contributed by atoms with Gasteiger partial charge in [-0.25, -0.2) is 4.79 Å². The Labute approximate surface area is 161 Å². The highest BCUT2D eigenvalue weighted by molar-refractivity contribution is 5.89. The molecule has 3 aromatic rings. The number of carbonyl (C=O) groups excluding carboxylic acids is 1. The number of quaternary nitrogens is 1. The number of ether oxygens (including phenoxy) is 2. The maximum Gasteiger partial charge on any atom is 0.338 e. The van der Waals surface area contributed by atoms with E-state index in [1.165, 1.54) is 18.4 Å². The Bertz CT molecular complexity index is 1050. The van der Waals surface area contributed by atoms with Crippen molar-refractivity contribution in [1.29, 1.82) is 0 Å². The second-order valence-electron chi connectivity index (χ2n) is 6.60. The van der Waals surface area contributed by atoms with Gasteiger partial charge in [-0.15, -0.1) is 0 Å². The van der Waals surface area contributed by atoms with E-state index in [1.54, 1.807) is 31.2 Å². The number of hydrogen-bond donors (Lipinski definition) is 2. The van der Waals surface area contributed by atoms with Crippen molar-refractivity contribution in [3.05, 3.63) is 64.0 Å². The summed E-state index contributed by atoms with van der Waals surface area (Å²) in [6, 6.07) is 9.27. The van der Waals surface area contributed by atoms with Crippen LogP contribution in [0.25, 0.3) is 11.0 Å². The Kier molecular flexibility index (Phi) is 5.65. The molecule has 0 aliphatic carbocycles. The van der Waals surface area contributed by atoms with Crippen LogP contribution in [0.15, 0.2) is 51.9 Å². The van der Waals surface area contributed by atoms with E-state index < -0.39 is 5.97 Å². The minimum atomic E-state index is -0.422. The zero-order valence-corrected chi connectivity index (χ0v) is 15.9. The van der Waals surface area contributed by atoms with E-state index in [1.807, 2.05) is 14.1 Å². The molecule has 28 heavy (non-hydrogen) atoms. The number of nitrogens with one attached hydrogen (secondary N) is 1. The first-order valence-electron chi connectivity index (χ1n) is 8.91. The van der Waals surface area contributed by atoms with Gasteiger partial charge in [0.05, 0.1) is 37.2 Å². The van der Waals surface area contributed by atoms with Crippen LogP contribution in [0.4, 0.5) is 0 Å². The number of benzene rings is 2. The van der Waals surface area contributed by atoms with Crippen molar-refractivity contribution >= 4 is 16.9 Å². The van der Waals surface area contributed by atoms with Gasteiger partial charge in [-0.1, -0.05) is 0 Å². The summed E-state index contributed by atoms with van der Waals surface area (Å²) in [5.74, 6) is 0.0661. The minimum Gasteiger partial charge on any atom is -0.507 e. The normalized spacial score (nSPS) is 11.0. The molecule has 1 aromatic heterocycles. The van der Waals surface area contributed by atoms with Crippen LogP contribution in [0.1, 0.15) is 22.8 Å². The third-order valence-corrected chi connectivity index (χ3v) is 4.11. The van der Waals surface area contributed by atoms with Crippen molar-refractivity contribution < 1.29 is 28.7 Å². The van der Waals surface area contributed by atoms with Crippen LogP contribution in [0.2, 0.25) is 0 Å². The first-order chi connectivity index (χ1) is 13.4. The van der Waals surface area contributed by atoms with Crippen LogP contribution in [-0.4, -0.2) is 31.8 Å². The Morgan fingerprint density at radius 3 is 2.50 bits per heavy atom. The molecule has 7 nitrogen and oxygen atoms in total. The quantitative estimate of drug-likeness (QED) is 0.633. The summed E-state index contributed by atoms with van der Waals surface area (Å²) >= 11 is 0. The fourth-order valence-corrected chi connectivity index (χ4v) is 2.82. The molecule has 0 amide bonds. The molecule has 1 heterocycles. The summed E-state index contributed by atoms with van der Waals surface area (Å²) in [5.41, 5.74) is 0.966. The van der Waals surface area contributed by atoms with E-state index in [0.29, 0.717) is 41.0 Å². The molecule has 2 aromatic carbocycles. The summed E-state index contributed by atoms with van der Waals surface area (Å²) in [6.45, 7) is 2.53. The highest BCUT2D eigenvalue weighted by atomic mass is 16.5. The summed E-state index contributed by atoms with van der Waals surface area (Å²) in [5, 5.41) is 10.4.